The van der Waals surface area contributed by atoms with E-state index in [4.69, 9.17) is 0 Å². The minimum absolute atomic E-state index is 0. The average Bonchev–Trinajstić information content (AvgIpc) is 3.72. The van der Waals surface area contributed by atoms with Crippen molar-refractivity contribution in [1.29, 1.82) is 0 Å². The van der Waals surface area contributed by atoms with Gasteiger partial charge in [0.05, 0.1) is 0 Å². The zero-order valence-corrected chi connectivity index (χ0v) is 33.8. The number of carbonyl (C=O) groups excluding carboxylic acids is 3. The highest BCUT2D eigenvalue weighted by molar-refractivity contribution is 7.87. The van der Waals surface area contributed by atoms with Gasteiger partial charge in [-0.25, -0.2) is 39.6 Å². The van der Waals surface area contributed by atoms with E-state index >= 15 is 0 Å². The van der Waals surface area contributed by atoms with Gasteiger partial charge in [0.1, 0.15) is 0 Å². The first-order valence-electron chi connectivity index (χ1n) is 18.8. The number of fused-ring (bicyclic) bond motifs is 2. The number of alkyl halides is 6. The van der Waals surface area contributed by atoms with E-state index in [9.17, 15) is 79.6 Å². The number of hydrogen-bond acceptors (Lipinski definition) is 15. The maximum atomic E-state index is 13.0. The molecule has 27 heteroatoms. The summed E-state index contributed by atoms with van der Waals surface area (Å²) in [5, 5.41) is -6.35. The lowest BCUT2D eigenvalue weighted by Crippen LogP contribution is -2.60. The van der Waals surface area contributed by atoms with Gasteiger partial charge in [-0.2, -0.15) is 26.3 Å². The van der Waals surface area contributed by atoms with Crippen LogP contribution in [0.5, 0.6) is 0 Å². The third kappa shape index (κ3) is 13.6. The smallest absolute Gasteiger partial charge is 0.743 e. The minimum atomic E-state index is -5.84. The van der Waals surface area contributed by atoms with Crippen LogP contribution in [-0.2, 0) is 44.6 Å². The quantitative estimate of drug-likeness (QED) is 0.139. The monoisotopic (exact) mass is 925 g/mol. The highest BCUT2D eigenvalue weighted by atomic mass is 32.2. The summed E-state index contributed by atoms with van der Waals surface area (Å²) in [5.41, 5.74) is -0.419. The van der Waals surface area contributed by atoms with E-state index in [-0.39, 0.29) is 16.4 Å². The Morgan fingerprint density at radius 2 is 0.966 bits per heavy atom. The highest BCUT2D eigenvalue weighted by Gasteiger charge is 2.52. The van der Waals surface area contributed by atoms with Crippen molar-refractivity contribution in [3.05, 3.63) is 0 Å². The summed E-state index contributed by atoms with van der Waals surface area (Å²) >= 11 is 0. The Balaban J connectivity index is 0.000000457. The number of carbonyl (C=O) groups is 3. The summed E-state index contributed by atoms with van der Waals surface area (Å²) in [6.07, 6.45) is 10.8. The van der Waals surface area contributed by atoms with Crippen molar-refractivity contribution in [1.82, 2.24) is 16.0 Å². The number of alkyl carbamates (subject to hydrolysis) is 3. The van der Waals surface area contributed by atoms with Crippen LogP contribution in [0.3, 0.4) is 0 Å². The molecule has 7 saturated carbocycles. The van der Waals surface area contributed by atoms with E-state index in [2.05, 4.69) is 30.2 Å². The van der Waals surface area contributed by atoms with Crippen LogP contribution in [0, 0.1) is 29.6 Å². The summed E-state index contributed by atoms with van der Waals surface area (Å²) in [6, 6.07) is -0.257. The molecule has 0 aromatic heterocycles. The normalized spacial score (nSPS) is 29.2. The average molecular weight is 926 g/mol. The molecule has 7 fully saturated rings. The van der Waals surface area contributed by atoms with Crippen molar-refractivity contribution in [2.75, 3.05) is 19.8 Å². The highest BCUT2D eigenvalue weighted by Crippen LogP contribution is 2.55. The maximum absolute atomic E-state index is 13.0. The Kier molecular flexibility index (Phi) is 15.4. The van der Waals surface area contributed by atoms with Crippen molar-refractivity contribution in [2.45, 2.75) is 130 Å². The van der Waals surface area contributed by atoms with Crippen LogP contribution in [0.25, 0.3) is 0 Å². The van der Waals surface area contributed by atoms with Crippen LogP contribution < -0.4 is 16.0 Å². The summed E-state index contributed by atoms with van der Waals surface area (Å²) in [4.78, 5) is 34.1. The summed E-state index contributed by atoms with van der Waals surface area (Å²) < 4.78 is 181. The molecule has 0 aromatic rings. The van der Waals surface area contributed by atoms with Gasteiger partial charge >= 0.3 is 38.3 Å². The van der Waals surface area contributed by atoms with Gasteiger partial charge in [0, 0.05) is 17.6 Å². The maximum Gasteiger partial charge on any atom is 1.00 e. The molecule has 0 aliphatic heterocycles. The molecule has 0 heterocycles. The predicted molar refractivity (Wildman–Crippen MR) is 188 cm³/mol. The van der Waals surface area contributed by atoms with Crippen molar-refractivity contribution in [3.63, 3.8) is 0 Å². The second kappa shape index (κ2) is 18.6. The fourth-order valence-electron chi connectivity index (χ4n) is 9.25. The number of hydrogen-bond donors (Lipinski definition) is 3. The molecule has 0 saturated heterocycles. The fraction of sp³-hybridized carbons (Fsp3) is 0.906. The first-order valence-corrected chi connectivity index (χ1v) is 23.0. The van der Waals surface area contributed by atoms with E-state index in [0.717, 1.165) is 96.3 Å². The van der Waals surface area contributed by atoms with Gasteiger partial charge in [-0.1, -0.05) is 25.7 Å². The molecule has 6 bridgehead atoms. The molecule has 3 atom stereocenters. The Hall–Kier alpha value is -2.88. The summed E-state index contributed by atoms with van der Waals surface area (Å²) in [5.74, 6) is 2.54. The van der Waals surface area contributed by atoms with Gasteiger partial charge in [-0.05, 0) is 100 Å². The Bertz CT molecular complexity index is 1830. The lowest BCUT2D eigenvalue weighted by atomic mass is 9.53. The number of rotatable bonds is 12. The standard InChI is InChI=1S/C13H19F2NO5S.C10H15F2NO5S.C9H15F2NO5S/c14-13(15,22(18,19)20)7-21-11(17)16-12-4-8-1-9(5-12)3-10(2-8)6-12;11-10(12,19(15,16)17)5-18-9(14)13-8-4-6-1-2-7(8)3-6;10-9(11,18(14,15)16)6-17-8(13)12-7-4-2-1-3-5-7/h8-10H,1-7H2,(H,16,17)(H,18,19,20);6-8H,1-5H2,(H,13,14)(H,15,16,17);7H,1-6H2,(H,12,13)(H,14,15,16). The molecule has 0 aromatic carbocycles. The van der Waals surface area contributed by atoms with Gasteiger partial charge in [-0.3, -0.25) is 0 Å². The second-order valence-corrected chi connectivity index (χ2v) is 20.7. The zero-order valence-electron chi connectivity index (χ0n) is 34.4. The molecule has 7 aliphatic rings. The van der Waals surface area contributed by atoms with Crippen LogP contribution >= 0.6 is 0 Å². The van der Waals surface area contributed by atoms with E-state index in [1.165, 1.54) is 0 Å². The van der Waals surface area contributed by atoms with Gasteiger partial charge in [0.15, 0.2) is 50.2 Å². The molecule has 3 unspecified atom stereocenters. The molecular formula is C32H49F6N3O15S3. The first kappa shape index (κ1) is 48.8. The van der Waals surface area contributed by atoms with Crippen LogP contribution in [-0.4, -0.2) is 110 Å². The van der Waals surface area contributed by atoms with Gasteiger partial charge < -0.3 is 43.8 Å². The van der Waals surface area contributed by atoms with E-state index in [0.29, 0.717) is 29.6 Å². The molecule has 7 rings (SSSR count). The van der Waals surface area contributed by atoms with E-state index in [1.54, 1.807) is 0 Å². The molecule has 3 amide bonds. The van der Waals surface area contributed by atoms with Crippen LogP contribution in [0.2, 0.25) is 0 Å². The lowest BCUT2D eigenvalue weighted by Gasteiger charge is -2.56. The fourth-order valence-corrected chi connectivity index (χ4v) is 9.86. The lowest BCUT2D eigenvalue weighted by molar-refractivity contribution is -0.0286. The van der Waals surface area contributed by atoms with E-state index in [1.807, 2.05) is 0 Å². The molecule has 342 valence electrons. The van der Waals surface area contributed by atoms with Crippen molar-refractivity contribution < 1.29 is 98.1 Å². The molecule has 18 nitrogen and oxygen atoms in total. The number of nitrogens with one attached hydrogen (secondary N) is 3. The second-order valence-electron chi connectivity index (χ2n) is 16.2. The molecule has 3 N–H and O–H groups in total. The summed E-state index contributed by atoms with van der Waals surface area (Å²) in [6.45, 7) is -5.28. The third-order valence-corrected chi connectivity index (χ3v) is 14.1. The van der Waals surface area contributed by atoms with Crippen molar-refractivity contribution in [3.8, 4) is 0 Å². The van der Waals surface area contributed by atoms with Crippen LogP contribution in [0.1, 0.15) is 101 Å². The number of ether oxygens (including phenoxy) is 3. The van der Waals surface area contributed by atoms with Gasteiger partial charge in [0.2, 0.25) is 0 Å². The molecule has 7 aliphatic carbocycles. The van der Waals surface area contributed by atoms with Crippen LogP contribution in [0.15, 0.2) is 0 Å². The first-order chi connectivity index (χ1) is 27.0. The van der Waals surface area contributed by atoms with Crippen LogP contribution in [0.4, 0.5) is 40.7 Å². The van der Waals surface area contributed by atoms with E-state index < -0.39 is 89.8 Å². The Morgan fingerprint density at radius 1 is 0.559 bits per heavy atom. The minimum Gasteiger partial charge on any atom is -0.743 e. The van der Waals surface area contributed by atoms with Gasteiger partial charge in [0.25, 0.3) is 0 Å². The zero-order chi connectivity index (χ0) is 44.2. The number of halogens is 6. The molecule has 0 radical (unpaired) electrons. The topological polar surface area (TPSA) is 287 Å². The third-order valence-electron chi connectivity index (χ3n) is 11.6. The molecule has 0 spiro atoms. The van der Waals surface area contributed by atoms with Crippen molar-refractivity contribution in [2.24, 2.45) is 29.6 Å². The Labute approximate surface area is 341 Å². The predicted octanol–water partition coefficient (Wildman–Crippen LogP) is 4.38. The SMILES string of the molecule is O=C(NC12CC3CC(CC(C3)C1)C2)OCC(F)(F)S(=O)(=O)[O-].O=C(NC1CC2CCC1C2)OCC(F)(F)S(=O)(=O)[O-].O=C(NC1CCCCC1)OCC(F)(F)S(=O)(=O)[O-].[H+].[H+].[H+]. The largest absolute Gasteiger partial charge is 1.00 e. The van der Waals surface area contributed by atoms with Crippen molar-refractivity contribution >= 4 is 48.6 Å². The molecule has 59 heavy (non-hydrogen) atoms. The molecular weight excluding hydrogens is 877 g/mol. The van der Waals surface area contributed by atoms with Gasteiger partial charge in [-0.15, -0.1) is 0 Å². The number of amides is 3. The summed E-state index contributed by atoms with van der Waals surface area (Å²) in [7, 11) is -17.5. The Morgan fingerprint density at radius 3 is 1.34 bits per heavy atom.